The number of carbonyl (C=O) groups is 2. The number of hydrogen-bond acceptors (Lipinski definition) is 3. The second-order valence-corrected chi connectivity index (χ2v) is 4.76. The molecule has 0 unspecified atom stereocenters. The lowest BCUT2D eigenvalue weighted by Gasteiger charge is -2.10. The van der Waals surface area contributed by atoms with Crippen LogP contribution in [-0.2, 0) is 4.79 Å². The highest BCUT2D eigenvalue weighted by molar-refractivity contribution is 6.30. The lowest BCUT2D eigenvalue weighted by Crippen LogP contribution is -2.22. The number of anilines is 1. The summed E-state index contributed by atoms with van der Waals surface area (Å²) in [6.45, 7) is -0.396. The Kier molecular flexibility index (Phi) is 4.95. The fourth-order valence-electron chi connectivity index (χ4n) is 1.72. The standard InChI is InChI=1S/C15H12ClFN2O3/c16-9-5-6-12(11(17)7-9)19-14(20)8-22-13-4-2-1-3-10(13)15(18)21/h1-7H,8H2,(H2,18,21)(H,19,20). The number of nitrogens with two attached hydrogens (primary N) is 1. The molecule has 0 saturated carbocycles. The molecular formula is C15H12ClFN2O3. The lowest BCUT2D eigenvalue weighted by molar-refractivity contribution is -0.118. The molecule has 7 heteroatoms. The molecule has 5 nitrogen and oxygen atoms in total. The van der Waals surface area contributed by atoms with Crippen LogP contribution in [0.25, 0.3) is 0 Å². The van der Waals surface area contributed by atoms with Gasteiger partial charge in [-0.1, -0.05) is 23.7 Å². The molecule has 0 aliphatic heterocycles. The molecule has 0 bridgehead atoms. The number of amides is 2. The monoisotopic (exact) mass is 322 g/mol. The SMILES string of the molecule is NC(=O)c1ccccc1OCC(=O)Nc1ccc(Cl)cc1F. The van der Waals surface area contributed by atoms with E-state index in [-0.39, 0.29) is 22.0 Å². The highest BCUT2D eigenvalue weighted by Gasteiger charge is 2.12. The Morgan fingerprint density at radius 3 is 2.64 bits per heavy atom. The van der Waals surface area contributed by atoms with Crippen LogP contribution in [0.3, 0.4) is 0 Å². The maximum absolute atomic E-state index is 13.5. The van der Waals surface area contributed by atoms with Gasteiger partial charge in [0.2, 0.25) is 0 Å². The molecule has 0 aliphatic rings. The zero-order valence-electron chi connectivity index (χ0n) is 11.3. The molecule has 22 heavy (non-hydrogen) atoms. The van der Waals surface area contributed by atoms with Gasteiger partial charge in [-0.3, -0.25) is 9.59 Å². The zero-order valence-corrected chi connectivity index (χ0v) is 12.1. The molecule has 0 radical (unpaired) electrons. The van der Waals surface area contributed by atoms with Crippen molar-refractivity contribution in [2.75, 3.05) is 11.9 Å². The first-order valence-electron chi connectivity index (χ1n) is 6.24. The Morgan fingerprint density at radius 1 is 1.23 bits per heavy atom. The summed E-state index contributed by atoms with van der Waals surface area (Å²) in [5.41, 5.74) is 5.34. The third-order valence-electron chi connectivity index (χ3n) is 2.72. The summed E-state index contributed by atoms with van der Waals surface area (Å²) < 4.78 is 18.8. The Balaban J connectivity index is 2.00. The average Bonchev–Trinajstić information content (AvgIpc) is 2.48. The smallest absolute Gasteiger partial charge is 0.262 e. The number of para-hydroxylation sites is 1. The van der Waals surface area contributed by atoms with E-state index in [0.29, 0.717) is 0 Å². The van der Waals surface area contributed by atoms with Gasteiger partial charge < -0.3 is 15.8 Å². The van der Waals surface area contributed by atoms with Gasteiger partial charge in [0.15, 0.2) is 6.61 Å². The number of hydrogen-bond donors (Lipinski definition) is 2. The van der Waals surface area contributed by atoms with Crippen molar-refractivity contribution in [1.82, 2.24) is 0 Å². The highest BCUT2D eigenvalue weighted by atomic mass is 35.5. The van der Waals surface area contributed by atoms with E-state index < -0.39 is 24.2 Å². The summed E-state index contributed by atoms with van der Waals surface area (Å²) in [6.07, 6.45) is 0. The van der Waals surface area contributed by atoms with Gasteiger partial charge in [-0.15, -0.1) is 0 Å². The predicted molar refractivity (Wildman–Crippen MR) is 80.5 cm³/mol. The molecule has 0 fully saturated rings. The Bertz CT molecular complexity index is 722. The van der Waals surface area contributed by atoms with E-state index in [0.717, 1.165) is 6.07 Å². The van der Waals surface area contributed by atoms with Gasteiger partial charge in [0.25, 0.3) is 11.8 Å². The van der Waals surface area contributed by atoms with E-state index in [1.807, 2.05) is 0 Å². The van der Waals surface area contributed by atoms with E-state index in [4.69, 9.17) is 22.1 Å². The van der Waals surface area contributed by atoms with Crippen molar-refractivity contribution in [2.24, 2.45) is 5.73 Å². The second-order valence-electron chi connectivity index (χ2n) is 4.32. The molecule has 2 aromatic carbocycles. The van der Waals surface area contributed by atoms with E-state index in [2.05, 4.69) is 5.32 Å². The molecule has 0 heterocycles. The van der Waals surface area contributed by atoms with E-state index in [1.165, 1.54) is 24.3 Å². The minimum atomic E-state index is -0.667. The quantitative estimate of drug-likeness (QED) is 0.887. The Hall–Kier alpha value is -2.60. The van der Waals surface area contributed by atoms with Gasteiger partial charge in [-0.2, -0.15) is 0 Å². The van der Waals surface area contributed by atoms with Crippen LogP contribution in [0.5, 0.6) is 5.75 Å². The predicted octanol–water partition coefficient (Wildman–Crippen LogP) is 2.60. The minimum absolute atomic E-state index is 0.0128. The van der Waals surface area contributed by atoms with E-state index in [9.17, 15) is 14.0 Å². The fourth-order valence-corrected chi connectivity index (χ4v) is 1.88. The molecule has 3 N–H and O–H groups in total. The first-order valence-corrected chi connectivity index (χ1v) is 6.61. The summed E-state index contributed by atoms with van der Waals surface area (Å²) in [6, 6.07) is 10.1. The van der Waals surface area contributed by atoms with Gasteiger partial charge in [0.05, 0.1) is 11.3 Å². The summed E-state index contributed by atoms with van der Waals surface area (Å²) in [4.78, 5) is 23.0. The van der Waals surface area contributed by atoms with Crippen molar-refractivity contribution in [2.45, 2.75) is 0 Å². The van der Waals surface area contributed by atoms with Crippen molar-refractivity contribution < 1.29 is 18.7 Å². The van der Waals surface area contributed by atoms with Crippen LogP contribution in [0.4, 0.5) is 10.1 Å². The zero-order chi connectivity index (χ0) is 16.1. The van der Waals surface area contributed by atoms with Gasteiger partial charge in [-0.25, -0.2) is 4.39 Å². The Labute approximate surface area is 130 Å². The van der Waals surface area contributed by atoms with Gasteiger partial charge in [-0.05, 0) is 30.3 Å². The molecule has 2 rings (SSSR count). The van der Waals surface area contributed by atoms with Crippen LogP contribution < -0.4 is 15.8 Å². The normalized spacial score (nSPS) is 10.1. The molecule has 0 aromatic heterocycles. The topological polar surface area (TPSA) is 81.4 Å². The number of nitrogens with one attached hydrogen (secondary N) is 1. The summed E-state index contributed by atoms with van der Waals surface area (Å²) >= 11 is 5.62. The van der Waals surface area contributed by atoms with Crippen molar-refractivity contribution in [3.63, 3.8) is 0 Å². The number of benzene rings is 2. The van der Waals surface area contributed by atoms with Crippen LogP contribution in [0.15, 0.2) is 42.5 Å². The third kappa shape index (κ3) is 3.95. The fraction of sp³-hybridized carbons (Fsp3) is 0.0667. The van der Waals surface area contributed by atoms with Crippen LogP contribution in [-0.4, -0.2) is 18.4 Å². The van der Waals surface area contributed by atoms with Crippen molar-refractivity contribution in [3.8, 4) is 5.75 Å². The number of halogens is 2. The summed E-state index contributed by atoms with van der Waals surface area (Å²) in [5, 5.41) is 2.57. The first kappa shape index (κ1) is 15.8. The van der Waals surface area contributed by atoms with Gasteiger partial charge in [0.1, 0.15) is 11.6 Å². The minimum Gasteiger partial charge on any atom is -0.483 e. The maximum atomic E-state index is 13.5. The van der Waals surface area contributed by atoms with E-state index in [1.54, 1.807) is 12.1 Å². The van der Waals surface area contributed by atoms with Gasteiger partial charge in [0, 0.05) is 5.02 Å². The van der Waals surface area contributed by atoms with Crippen LogP contribution in [0.2, 0.25) is 5.02 Å². The second kappa shape index (κ2) is 6.91. The molecule has 0 atom stereocenters. The van der Waals surface area contributed by atoms with Crippen molar-refractivity contribution in [3.05, 3.63) is 58.9 Å². The molecule has 0 saturated heterocycles. The molecule has 2 aromatic rings. The molecular weight excluding hydrogens is 311 g/mol. The Morgan fingerprint density at radius 2 is 1.95 bits per heavy atom. The molecule has 2 amide bonds. The molecule has 0 spiro atoms. The number of ether oxygens (including phenoxy) is 1. The largest absolute Gasteiger partial charge is 0.483 e. The number of primary amides is 1. The maximum Gasteiger partial charge on any atom is 0.262 e. The van der Waals surface area contributed by atoms with Crippen LogP contribution in [0, 0.1) is 5.82 Å². The summed E-state index contributed by atoms with van der Waals surface area (Å²) in [7, 11) is 0. The van der Waals surface area contributed by atoms with Crippen LogP contribution >= 0.6 is 11.6 Å². The van der Waals surface area contributed by atoms with Crippen molar-refractivity contribution in [1.29, 1.82) is 0 Å². The first-order chi connectivity index (χ1) is 10.5. The third-order valence-corrected chi connectivity index (χ3v) is 2.95. The molecule has 0 aliphatic carbocycles. The summed E-state index contributed by atoms with van der Waals surface area (Å²) in [5.74, 6) is -1.72. The van der Waals surface area contributed by atoms with Gasteiger partial charge >= 0.3 is 0 Å². The lowest BCUT2D eigenvalue weighted by atomic mass is 10.2. The molecule has 114 valence electrons. The van der Waals surface area contributed by atoms with E-state index >= 15 is 0 Å². The van der Waals surface area contributed by atoms with Crippen LogP contribution in [0.1, 0.15) is 10.4 Å². The van der Waals surface area contributed by atoms with Crippen molar-refractivity contribution >= 4 is 29.1 Å². The highest BCUT2D eigenvalue weighted by Crippen LogP contribution is 2.19. The number of rotatable bonds is 5. The number of carbonyl (C=O) groups excluding carboxylic acids is 2. The average molecular weight is 323 g/mol.